The maximum absolute atomic E-state index is 13.8. The molecule has 4 aromatic rings. The van der Waals surface area contributed by atoms with Crippen molar-refractivity contribution in [1.29, 1.82) is 0 Å². The fourth-order valence-electron chi connectivity index (χ4n) is 3.94. The molecule has 9 heteroatoms. The monoisotopic (exact) mass is 473 g/mol. The number of carbonyl (C=O) groups excluding carboxylic acids is 3. The summed E-state index contributed by atoms with van der Waals surface area (Å²) in [5.41, 5.74) is 1.31. The number of hydrogen-bond acceptors (Lipinski definition) is 5. The van der Waals surface area contributed by atoms with Gasteiger partial charge in [0.1, 0.15) is 17.9 Å². The molecule has 4 amide bonds. The van der Waals surface area contributed by atoms with E-state index < -0.39 is 23.7 Å². The third-order valence-electron chi connectivity index (χ3n) is 5.63. The number of urea groups is 1. The Morgan fingerprint density at radius 3 is 2.60 bits per heavy atom. The summed E-state index contributed by atoms with van der Waals surface area (Å²) in [5, 5.41) is 3.02. The molecular weight excluding hydrogens is 453 g/mol. The van der Waals surface area contributed by atoms with Gasteiger partial charge in [0, 0.05) is 22.7 Å². The van der Waals surface area contributed by atoms with Crippen molar-refractivity contribution < 1.29 is 27.9 Å². The molecule has 0 bridgehead atoms. The number of barbiturate groups is 1. The molecule has 1 saturated heterocycles. The van der Waals surface area contributed by atoms with Crippen molar-refractivity contribution in [3.63, 3.8) is 0 Å². The minimum atomic E-state index is -0.804. The first-order valence-electron chi connectivity index (χ1n) is 10.9. The van der Waals surface area contributed by atoms with Crippen molar-refractivity contribution in [2.24, 2.45) is 0 Å². The van der Waals surface area contributed by atoms with Crippen LogP contribution >= 0.6 is 0 Å². The molecule has 3 heterocycles. The third kappa shape index (κ3) is 4.43. The van der Waals surface area contributed by atoms with Crippen LogP contribution in [0.25, 0.3) is 17.0 Å². The number of imide groups is 2. The number of fused-ring (bicyclic) bond motifs is 1. The first-order valence-corrected chi connectivity index (χ1v) is 10.9. The highest BCUT2D eigenvalue weighted by molar-refractivity contribution is 6.31. The molecule has 1 N–H and O–H groups in total. The Labute approximate surface area is 199 Å². The average Bonchev–Trinajstić information content (AvgIpc) is 3.49. The Morgan fingerprint density at radius 2 is 1.80 bits per heavy atom. The van der Waals surface area contributed by atoms with E-state index in [2.05, 4.69) is 5.32 Å². The van der Waals surface area contributed by atoms with Gasteiger partial charge in [-0.3, -0.25) is 19.8 Å². The maximum Gasteiger partial charge on any atom is 0.331 e. The first kappa shape index (κ1) is 22.1. The van der Waals surface area contributed by atoms with Crippen LogP contribution in [-0.4, -0.2) is 33.9 Å². The van der Waals surface area contributed by atoms with Crippen LogP contribution in [0.1, 0.15) is 11.3 Å². The number of rotatable bonds is 7. The summed E-state index contributed by atoms with van der Waals surface area (Å²) in [7, 11) is 0. The fraction of sp³-hybridized carbons (Fsp3) is 0.115. The molecule has 0 aliphatic carbocycles. The van der Waals surface area contributed by atoms with E-state index >= 15 is 0 Å². The van der Waals surface area contributed by atoms with Gasteiger partial charge in [-0.1, -0.05) is 30.3 Å². The van der Waals surface area contributed by atoms with Crippen LogP contribution in [0.15, 0.2) is 83.1 Å². The van der Waals surface area contributed by atoms with Crippen LogP contribution in [-0.2, 0) is 22.7 Å². The molecule has 0 saturated carbocycles. The minimum absolute atomic E-state index is 0.0998. The van der Waals surface area contributed by atoms with E-state index in [9.17, 15) is 18.8 Å². The molecule has 1 aliphatic rings. The standard InChI is InChI=1S/C26H20FN3O5/c27-21-8-2-4-10-23(21)35-13-11-29-15-17(19-7-1-3-9-22(19)29)14-20-24(31)28-26(33)30(25(20)32)16-18-6-5-12-34-18/h1-10,12,14-15H,11,13,16H2,(H,28,31,33)/b20-14+. The number of carbonyl (C=O) groups is 3. The summed E-state index contributed by atoms with van der Waals surface area (Å²) in [6, 6.07) is 16.1. The highest BCUT2D eigenvalue weighted by Crippen LogP contribution is 2.26. The van der Waals surface area contributed by atoms with Crippen LogP contribution in [0.3, 0.4) is 0 Å². The van der Waals surface area contributed by atoms with Gasteiger partial charge in [-0.2, -0.15) is 0 Å². The van der Waals surface area contributed by atoms with E-state index in [0.29, 0.717) is 17.9 Å². The minimum Gasteiger partial charge on any atom is -0.489 e. The highest BCUT2D eigenvalue weighted by atomic mass is 19.1. The smallest absolute Gasteiger partial charge is 0.331 e. The average molecular weight is 473 g/mol. The molecule has 1 fully saturated rings. The third-order valence-corrected chi connectivity index (χ3v) is 5.63. The maximum atomic E-state index is 13.8. The molecule has 2 aromatic heterocycles. The first-order chi connectivity index (χ1) is 17.0. The molecule has 1 aliphatic heterocycles. The Kier molecular flexibility index (Phi) is 5.88. The second kappa shape index (κ2) is 9.30. The summed E-state index contributed by atoms with van der Waals surface area (Å²) in [4.78, 5) is 38.8. The van der Waals surface area contributed by atoms with E-state index in [4.69, 9.17) is 9.15 Å². The zero-order valence-electron chi connectivity index (χ0n) is 18.4. The van der Waals surface area contributed by atoms with E-state index in [0.717, 1.165) is 15.8 Å². The van der Waals surface area contributed by atoms with Gasteiger partial charge >= 0.3 is 6.03 Å². The Balaban J connectivity index is 1.42. The summed E-state index contributed by atoms with van der Waals surface area (Å²) in [6.07, 6.45) is 4.69. The summed E-state index contributed by atoms with van der Waals surface area (Å²) in [6.45, 7) is 0.513. The number of halogens is 1. The quantitative estimate of drug-likeness (QED) is 0.322. The Hall–Kier alpha value is -4.66. The van der Waals surface area contributed by atoms with E-state index in [1.54, 1.807) is 36.5 Å². The number of nitrogens with one attached hydrogen (secondary N) is 1. The van der Waals surface area contributed by atoms with Crippen LogP contribution in [0.4, 0.5) is 9.18 Å². The van der Waals surface area contributed by atoms with Crippen LogP contribution in [0.2, 0.25) is 0 Å². The largest absolute Gasteiger partial charge is 0.489 e. The molecule has 5 rings (SSSR count). The number of amides is 4. The molecule has 35 heavy (non-hydrogen) atoms. The molecule has 0 radical (unpaired) electrons. The molecule has 0 unspecified atom stereocenters. The van der Waals surface area contributed by atoms with Crippen molar-refractivity contribution in [2.45, 2.75) is 13.1 Å². The summed E-state index contributed by atoms with van der Waals surface area (Å²) >= 11 is 0. The number of aromatic nitrogens is 1. The molecule has 8 nitrogen and oxygen atoms in total. The normalized spacial score (nSPS) is 15.2. The van der Waals surface area contributed by atoms with Crippen LogP contribution in [0.5, 0.6) is 5.75 Å². The van der Waals surface area contributed by atoms with Gasteiger partial charge in [-0.05, 0) is 36.4 Å². The van der Waals surface area contributed by atoms with Crippen molar-refractivity contribution in [2.75, 3.05) is 6.61 Å². The van der Waals surface area contributed by atoms with E-state index in [-0.39, 0.29) is 24.5 Å². The van der Waals surface area contributed by atoms with Crippen molar-refractivity contribution in [3.8, 4) is 5.75 Å². The second-order valence-electron chi connectivity index (χ2n) is 7.86. The zero-order valence-corrected chi connectivity index (χ0v) is 18.4. The predicted octanol–water partition coefficient (Wildman–Crippen LogP) is 4.11. The van der Waals surface area contributed by atoms with Gasteiger partial charge in [-0.25, -0.2) is 9.18 Å². The number of benzene rings is 2. The number of hydrogen-bond donors (Lipinski definition) is 1. The molecule has 0 atom stereocenters. The van der Waals surface area contributed by atoms with Crippen molar-refractivity contribution >= 4 is 34.8 Å². The zero-order chi connectivity index (χ0) is 24.4. The Morgan fingerprint density at radius 1 is 1.00 bits per heavy atom. The fourth-order valence-corrected chi connectivity index (χ4v) is 3.94. The predicted molar refractivity (Wildman–Crippen MR) is 125 cm³/mol. The second-order valence-corrected chi connectivity index (χ2v) is 7.86. The summed E-state index contributed by atoms with van der Waals surface area (Å²) < 4.78 is 26.6. The van der Waals surface area contributed by atoms with Gasteiger partial charge in [-0.15, -0.1) is 0 Å². The van der Waals surface area contributed by atoms with Crippen LogP contribution in [0, 0.1) is 5.82 Å². The molecule has 176 valence electrons. The van der Waals surface area contributed by atoms with E-state index in [1.165, 1.54) is 18.4 Å². The summed E-state index contributed by atoms with van der Waals surface area (Å²) in [5.74, 6) is -1.35. The lowest BCUT2D eigenvalue weighted by molar-refractivity contribution is -0.130. The van der Waals surface area contributed by atoms with Gasteiger partial charge in [0.15, 0.2) is 11.6 Å². The van der Waals surface area contributed by atoms with Gasteiger partial charge in [0.05, 0.1) is 19.4 Å². The number of furan rings is 1. The lowest BCUT2D eigenvalue weighted by Crippen LogP contribution is -2.53. The SMILES string of the molecule is O=C1NC(=O)N(Cc2ccco2)C(=O)/C1=C/c1cn(CCOc2ccccc2F)c2ccccc12. The van der Waals surface area contributed by atoms with Crippen LogP contribution < -0.4 is 10.1 Å². The highest BCUT2D eigenvalue weighted by Gasteiger charge is 2.36. The topological polar surface area (TPSA) is 93.8 Å². The van der Waals surface area contributed by atoms with E-state index in [1.807, 2.05) is 28.8 Å². The molecular formula is C26H20FN3O5. The van der Waals surface area contributed by atoms with Gasteiger partial charge in [0.25, 0.3) is 11.8 Å². The molecule has 2 aromatic carbocycles. The lowest BCUT2D eigenvalue weighted by atomic mass is 10.1. The number of ether oxygens (including phenoxy) is 1. The van der Waals surface area contributed by atoms with Gasteiger partial charge in [0.2, 0.25) is 0 Å². The number of para-hydroxylation sites is 2. The number of nitrogens with zero attached hydrogens (tertiary/aromatic N) is 2. The van der Waals surface area contributed by atoms with Crippen molar-refractivity contribution in [3.05, 3.63) is 95.8 Å². The lowest BCUT2D eigenvalue weighted by Gasteiger charge is -2.25. The Bertz CT molecular complexity index is 1450. The molecule has 0 spiro atoms. The van der Waals surface area contributed by atoms with Gasteiger partial charge < -0.3 is 13.7 Å². The van der Waals surface area contributed by atoms with Crippen molar-refractivity contribution in [1.82, 2.24) is 14.8 Å².